The number of ether oxygens (including phenoxy) is 1. The van der Waals surface area contributed by atoms with Crippen LogP contribution in [0.1, 0.15) is 29.9 Å². The summed E-state index contributed by atoms with van der Waals surface area (Å²) in [5.41, 5.74) is 3.99. The van der Waals surface area contributed by atoms with Gasteiger partial charge in [-0.3, -0.25) is 4.79 Å². The number of fused-ring (bicyclic) bond motifs is 3. The van der Waals surface area contributed by atoms with Gasteiger partial charge >= 0.3 is 12.1 Å². The van der Waals surface area contributed by atoms with E-state index in [2.05, 4.69) is 29.6 Å². The van der Waals surface area contributed by atoms with E-state index in [-0.39, 0.29) is 36.3 Å². The number of amides is 1. The van der Waals surface area contributed by atoms with Crippen LogP contribution in [0.5, 0.6) is 0 Å². The van der Waals surface area contributed by atoms with Crippen molar-refractivity contribution in [2.45, 2.75) is 24.8 Å². The molecule has 142 valence electrons. The van der Waals surface area contributed by atoms with E-state index >= 15 is 0 Å². The summed E-state index contributed by atoms with van der Waals surface area (Å²) in [5.74, 6) is 0.0262. The molecule has 0 aliphatic heterocycles. The van der Waals surface area contributed by atoms with E-state index in [1.54, 1.807) is 0 Å². The molecule has 3 unspecified atom stereocenters. The Labute approximate surface area is 162 Å². The monoisotopic (exact) mass is 375 g/mol. The van der Waals surface area contributed by atoms with Crippen molar-refractivity contribution in [3.05, 3.63) is 59.7 Å². The third-order valence-electron chi connectivity index (χ3n) is 7.69. The van der Waals surface area contributed by atoms with Crippen LogP contribution in [0, 0.1) is 23.2 Å². The van der Waals surface area contributed by atoms with Gasteiger partial charge in [0.1, 0.15) is 6.61 Å². The number of carboxylic acids is 1. The van der Waals surface area contributed by atoms with Gasteiger partial charge in [-0.15, -0.1) is 0 Å². The smallest absolute Gasteiger partial charge is 0.407 e. The Bertz CT molecular complexity index is 958. The van der Waals surface area contributed by atoms with Crippen LogP contribution >= 0.6 is 0 Å². The average molecular weight is 375 g/mol. The van der Waals surface area contributed by atoms with Crippen LogP contribution in [0.25, 0.3) is 11.1 Å². The lowest BCUT2D eigenvalue weighted by atomic mass is 9.97. The van der Waals surface area contributed by atoms with Crippen molar-refractivity contribution in [3.8, 4) is 11.1 Å². The van der Waals surface area contributed by atoms with Crippen molar-refractivity contribution in [1.29, 1.82) is 0 Å². The summed E-state index contributed by atoms with van der Waals surface area (Å²) in [6, 6.07) is 16.1. The second-order valence-electron chi connectivity index (χ2n) is 8.63. The van der Waals surface area contributed by atoms with Crippen LogP contribution in [-0.4, -0.2) is 29.8 Å². The molecule has 1 amide bonds. The molecule has 5 nitrogen and oxygen atoms in total. The van der Waals surface area contributed by atoms with Crippen LogP contribution in [-0.2, 0) is 9.53 Å². The summed E-state index contributed by atoms with van der Waals surface area (Å²) >= 11 is 0. The van der Waals surface area contributed by atoms with Crippen LogP contribution in [0.15, 0.2) is 48.5 Å². The van der Waals surface area contributed by atoms with E-state index in [1.807, 2.05) is 24.3 Å². The first-order valence-electron chi connectivity index (χ1n) is 9.97. The molecule has 0 radical (unpaired) electrons. The highest BCUT2D eigenvalue weighted by atomic mass is 16.5. The minimum atomic E-state index is -0.758. The zero-order valence-electron chi connectivity index (χ0n) is 15.3. The summed E-state index contributed by atoms with van der Waals surface area (Å²) in [4.78, 5) is 24.4. The average Bonchev–Trinajstić information content (AvgIpc) is 3.13. The minimum absolute atomic E-state index is 0.0116. The van der Waals surface area contributed by atoms with Crippen LogP contribution < -0.4 is 5.32 Å². The molecule has 0 spiro atoms. The molecule has 2 aromatic carbocycles. The number of alkyl carbamates (subject to hydrolysis) is 1. The van der Waals surface area contributed by atoms with Crippen molar-refractivity contribution < 1.29 is 19.4 Å². The fourth-order valence-electron chi connectivity index (χ4n) is 6.61. The fraction of sp³-hybridized carbons (Fsp3) is 0.391. The van der Waals surface area contributed by atoms with Gasteiger partial charge in [0.15, 0.2) is 0 Å². The summed E-state index contributed by atoms with van der Waals surface area (Å²) in [5, 5.41) is 12.6. The Balaban J connectivity index is 1.19. The summed E-state index contributed by atoms with van der Waals surface area (Å²) in [7, 11) is 0. The summed E-state index contributed by atoms with van der Waals surface area (Å²) in [6.07, 6.45) is 1.35. The van der Waals surface area contributed by atoms with E-state index in [4.69, 9.17) is 4.74 Å². The van der Waals surface area contributed by atoms with Gasteiger partial charge in [-0.25, -0.2) is 4.79 Å². The standard InChI is InChI=1S/C23H21NO4/c25-21(26)23-18-9-12(10-19(18)23)20(23)24-22(27)28-11-17-15-7-3-1-5-13(15)14-6-2-4-8-16(14)17/h1-8,12,17-20H,9-11H2,(H,24,27)(H,25,26). The highest BCUT2D eigenvalue weighted by Crippen LogP contribution is 2.79. The molecule has 28 heavy (non-hydrogen) atoms. The quantitative estimate of drug-likeness (QED) is 0.856. The van der Waals surface area contributed by atoms with E-state index in [1.165, 1.54) is 22.3 Å². The lowest BCUT2D eigenvalue weighted by molar-refractivity contribution is -0.144. The number of nitrogens with one attached hydrogen (secondary N) is 1. The number of rotatable bonds is 4. The van der Waals surface area contributed by atoms with Gasteiger partial charge < -0.3 is 15.2 Å². The predicted octanol–water partition coefficient (Wildman–Crippen LogP) is 3.63. The number of carboxylic acid groups (broad SMARTS) is 1. The lowest BCUT2D eigenvalue weighted by Gasteiger charge is -2.22. The Morgan fingerprint density at radius 3 is 2.14 bits per heavy atom. The lowest BCUT2D eigenvalue weighted by Crippen LogP contribution is -2.45. The Morgan fingerprint density at radius 1 is 1.00 bits per heavy atom. The van der Waals surface area contributed by atoms with Crippen LogP contribution in [0.4, 0.5) is 4.79 Å². The number of carbonyl (C=O) groups excluding carboxylic acids is 1. The molecule has 2 N–H and O–H groups in total. The Morgan fingerprint density at radius 2 is 1.57 bits per heavy atom. The molecule has 3 atom stereocenters. The van der Waals surface area contributed by atoms with Crippen molar-refractivity contribution in [2.75, 3.05) is 6.61 Å². The molecule has 4 fully saturated rings. The second-order valence-corrected chi connectivity index (χ2v) is 8.63. The topological polar surface area (TPSA) is 75.6 Å². The summed E-state index contributed by atoms with van der Waals surface area (Å²) < 4.78 is 5.62. The first kappa shape index (κ1) is 16.2. The highest BCUT2D eigenvalue weighted by molar-refractivity contribution is 5.84. The zero-order chi connectivity index (χ0) is 19.0. The van der Waals surface area contributed by atoms with Gasteiger partial charge in [-0.2, -0.15) is 0 Å². The van der Waals surface area contributed by atoms with Gasteiger partial charge in [-0.1, -0.05) is 48.5 Å². The molecule has 0 heterocycles. The van der Waals surface area contributed by atoms with E-state index in [0.29, 0.717) is 0 Å². The van der Waals surface area contributed by atoms with E-state index in [9.17, 15) is 14.7 Å². The molecule has 5 aliphatic rings. The van der Waals surface area contributed by atoms with Crippen molar-refractivity contribution in [2.24, 2.45) is 23.2 Å². The fourth-order valence-corrected chi connectivity index (χ4v) is 6.61. The molecule has 5 aliphatic carbocycles. The van der Waals surface area contributed by atoms with E-state index in [0.717, 1.165) is 12.8 Å². The number of carbonyl (C=O) groups is 2. The number of aliphatic carboxylic acids is 1. The number of hydrogen-bond donors (Lipinski definition) is 2. The van der Waals surface area contributed by atoms with Gasteiger partial charge in [-0.05, 0) is 52.8 Å². The maximum Gasteiger partial charge on any atom is 0.407 e. The number of benzene rings is 2. The first-order chi connectivity index (χ1) is 13.6. The predicted molar refractivity (Wildman–Crippen MR) is 102 cm³/mol. The molecular weight excluding hydrogens is 354 g/mol. The highest BCUT2D eigenvalue weighted by Gasteiger charge is 2.83. The van der Waals surface area contributed by atoms with Crippen molar-refractivity contribution in [3.63, 3.8) is 0 Å². The van der Waals surface area contributed by atoms with Gasteiger partial charge in [0.25, 0.3) is 0 Å². The summed E-state index contributed by atoms with van der Waals surface area (Å²) in [6.45, 7) is 0.254. The molecular formula is C23H21NO4. The third-order valence-corrected chi connectivity index (χ3v) is 7.69. The Kier molecular flexibility index (Phi) is 3.10. The molecule has 4 bridgehead atoms. The van der Waals surface area contributed by atoms with Gasteiger partial charge in [0.2, 0.25) is 0 Å². The van der Waals surface area contributed by atoms with E-state index < -0.39 is 17.5 Å². The Hall–Kier alpha value is -2.82. The maximum atomic E-state index is 12.5. The first-order valence-corrected chi connectivity index (χ1v) is 9.97. The van der Waals surface area contributed by atoms with Gasteiger partial charge in [0, 0.05) is 5.92 Å². The van der Waals surface area contributed by atoms with Gasteiger partial charge in [0.05, 0.1) is 11.5 Å². The van der Waals surface area contributed by atoms with Crippen LogP contribution in [0.3, 0.4) is 0 Å². The molecule has 0 saturated heterocycles. The largest absolute Gasteiger partial charge is 0.481 e. The molecule has 4 saturated carbocycles. The maximum absolute atomic E-state index is 12.5. The minimum Gasteiger partial charge on any atom is -0.481 e. The van der Waals surface area contributed by atoms with Crippen molar-refractivity contribution >= 4 is 12.1 Å². The number of hydrogen-bond acceptors (Lipinski definition) is 3. The van der Waals surface area contributed by atoms with Crippen molar-refractivity contribution in [1.82, 2.24) is 5.32 Å². The molecule has 0 aromatic heterocycles. The molecule has 5 heteroatoms. The normalized spacial score (nSPS) is 33.3. The second kappa shape index (κ2) is 5.37. The zero-order valence-corrected chi connectivity index (χ0v) is 15.3. The molecule has 2 aromatic rings. The van der Waals surface area contributed by atoms with Crippen LogP contribution in [0.2, 0.25) is 0 Å². The SMILES string of the molecule is O=C(NC1C2CC3C(C2)C31C(=O)O)OCC1c2ccccc2-c2ccccc21. The molecule has 7 rings (SSSR count). The third kappa shape index (κ3) is 1.87.